The van der Waals surface area contributed by atoms with E-state index in [9.17, 15) is 4.79 Å². The molecule has 5 heteroatoms. The fourth-order valence-electron chi connectivity index (χ4n) is 1.84. The third-order valence-corrected chi connectivity index (χ3v) is 3.46. The van der Waals surface area contributed by atoms with Gasteiger partial charge in [-0.2, -0.15) is 0 Å². The van der Waals surface area contributed by atoms with Gasteiger partial charge < -0.3 is 10.0 Å². The molecule has 1 fully saturated rings. The maximum Gasteiger partial charge on any atom is 0.227 e. The molecule has 1 aliphatic rings. The van der Waals surface area contributed by atoms with Crippen molar-refractivity contribution in [1.29, 1.82) is 0 Å². The van der Waals surface area contributed by atoms with E-state index in [-0.39, 0.29) is 18.4 Å². The maximum atomic E-state index is 11.7. The van der Waals surface area contributed by atoms with Gasteiger partial charge in [-0.3, -0.25) is 4.79 Å². The first-order valence-electron chi connectivity index (χ1n) is 4.98. The van der Waals surface area contributed by atoms with Crippen molar-refractivity contribution in [3.05, 3.63) is 27.7 Å². The Bertz CT molecular complexity index is 424. The Morgan fingerprint density at radius 3 is 2.88 bits per heavy atom. The van der Waals surface area contributed by atoms with E-state index in [2.05, 4.69) is 15.9 Å². The molecule has 0 aromatic heterocycles. The van der Waals surface area contributed by atoms with Gasteiger partial charge in [0.1, 0.15) is 0 Å². The molecule has 0 saturated carbocycles. The monoisotopic (exact) mass is 303 g/mol. The molecule has 1 N–H and O–H groups in total. The lowest BCUT2D eigenvalue weighted by molar-refractivity contribution is -0.117. The van der Waals surface area contributed by atoms with Crippen molar-refractivity contribution in [2.24, 2.45) is 5.92 Å². The van der Waals surface area contributed by atoms with Crippen LogP contribution in [-0.4, -0.2) is 24.2 Å². The van der Waals surface area contributed by atoms with Crippen LogP contribution in [0.5, 0.6) is 0 Å². The van der Waals surface area contributed by atoms with Crippen molar-refractivity contribution < 1.29 is 9.90 Å². The zero-order valence-corrected chi connectivity index (χ0v) is 10.8. The molecule has 1 atom stereocenters. The zero-order valence-electron chi connectivity index (χ0n) is 8.49. The van der Waals surface area contributed by atoms with Crippen LogP contribution in [0.4, 0.5) is 5.69 Å². The molecule has 3 nitrogen and oxygen atoms in total. The number of nitrogens with zero attached hydrogens (tertiary/aromatic N) is 1. The predicted octanol–water partition coefficient (Wildman–Crippen LogP) is 2.45. The third kappa shape index (κ3) is 2.24. The van der Waals surface area contributed by atoms with Crippen molar-refractivity contribution >= 4 is 39.1 Å². The fraction of sp³-hybridized carbons (Fsp3) is 0.364. The summed E-state index contributed by atoms with van der Waals surface area (Å²) in [5.74, 6) is 0.0375. The molecule has 1 aromatic carbocycles. The topological polar surface area (TPSA) is 40.5 Å². The third-order valence-electron chi connectivity index (χ3n) is 2.66. The van der Waals surface area contributed by atoms with E-state index in [0.717, 1.165) is 4.47 Å². The van der Waals surface area contributed by atoms with Gasteiger partial charge in [0, 0.05) is 30.0 Å². The van der Waals surface area contributed by atoms with Gasteiger partial charge in [0.25, 0.3) is 0 Å². The average Bonchev–Trinajstić information content (AvgIpc) is 2.60. The molecule has 2 rings (SSSR count). The molecule has 1 unspecified atom stereocenters. The number of carbonyl (C=O) groups is 1. The number of aliphatic hydroxyl groups is 1. The number of anilines is 1. The predicted molar refractivity (Wildman–Crippen MR) is 66.7 cm³/mol. The normalized spacial score (nSPS) is 20.6. The molecule has 0 radical (unpaired) electrons. The Balaban J connectivity index is 2.28. The second-order valence-electron chi connectivity index (χ2n) is 3.85. The standard InChI is InChI=1S/C11H11BrClNO2/c12-8-1-2-10(9(13)4-8)14-5-7(6-15)3-11(14)16/h1-2,4,7,15H,3,5-6H2. The highest BCUT2D eigenvalue weighted by Gasteiger charge is 2.30. The summed E-state index contributed by atoms with van der Waals surface area (Å²) in [5.41, 5.74) is 0.714. The van der Waals surface area contributed by atoms with Crippen LogP contribution in [0.1, 0.15) is 6.42 Å². The van der Waals surface area contributed by atoms with Gasteiger partial charge in [-0.1, -0.05) is 27.5 Å². The summed E-state index contributed by atoms with van der Waals surface area (Å²) in [6.45, 7) is 0.576. The highest BCUT2D eigenvalue weighted by molar-refractivity contribution is 9.10. The fourth-order valence-corrected chi connectivity index (χ4v) is 2.61. The highest BCUT2D eigenvalue weighted by atomic mass is 79.9. The Morgan fingerprint density at radius 1 is 1.56 bits per heavy atom. The lowest BCUT2D eigenvalue weighted by atomic mass is 10.1. The summed E-state index contributed by atoms with van der Waals surface area (Å²) in [5, 5.41) is 9.59. The quantitative estimate of drug-likeness (QED) is 0.912. The number of amides is 1. The smallest absolute Gasteiger partial charge is 0.227 e. The van der Waals surface area contributed by atoms with Crippen LogP contribution in [0.15, 0.2) is 22.7 Å². The van der Waals surface area contributed by atoms with Crippen LogP contribution in [-0.2, 0) is 4.79 Å². The van der Waals surface area contributed by atoms with Crippen molar-refractivity contribution in [3.63, 3.8) is 0 Å². The van der Waals surface area contributed by atoms with E-state index in [1.165, 1.54) is 0 Å². The Morgan fingerprint density at radius 2 is 2.31 bits per heavy atom. The van der Waals surface area contributed by atoms with Crippen LogP contribution in [0, 0.1) is 5.92 Å². The summed E-state index contributed by atoms with van der Waals surface area (Å²) >= 11 is 9.40. The van der Waals surface area contributed by atoms with Gasteiger partial charge in [0.05, 0.1) is 10.7 Å². The zero-order chi connectivity index (χ0) is 11.7. The van der Waals surface area contributed by atoms with Crippen LogP contribution in [0.3, 0.4) is 0 Å². The molecule has 0 spiro atoms. The minimum Gasteiger partial charge on any atom is -0.396 e. The van der Waals surface area contributed by atoms with Crippen LogP contribution < -0.4 is 4.90 Å². The number of halogens is 2. The number of carbonyl (C=O) groups excluding carboxylic acids is 1. The summed E-state index contributed by atoms with van der Waals surface area (Å²) < 4.78 is 0.881. The second-order valence-corrected chi connectivity index (χ2v) is 5.18. The maximum absolute atomic E-state index is 11.7. The summed E-state index contributed by atoms with van der Waals surface area (Å²) in [6, 6.07) is 5.42. The Kier molecular flexibility index (Phi) is 3.52. The van der Waals surface area contributed by atoms with Gasteiger partial charge in [-0.05, 0) is 18.2 Å². The molecule has 0 bridgehead atoms. The lowest BCUT2D eigenvalue weighted by Crippen LogP contribution is -2.25. The highest BCUT2D eigenvalue weighted by Crippen LogP contribution is 2.32. The van der Waals surface area contributed by atoms with Crippen molar-refractivity contribution in [2.75, 3.05) is 18.1 Å². The van der Waals surface area contributed by atoms with Gasteiger partial charge in [0.2, 0.25) is 5.91 Å². The van der Waals surface area contributed by atoms with E-state index >= 15 is 0 Å². The SMILES string of the molecule is O=C1CC(CO)CN1c1ccc(Br)cc1Cl. The summed E-state index contributed by atoms with van der Waals surface area (Å²) in [6.07, 6.45) is 0.392. The molecule has 1 saturated heterocycles. The number of benzene rings is 1. The lowest BCUT2D eigenvalue weighted by Gasteiger charge is -2.18. The van der Waals surface area contributed by atoms with E-state index < -0.39 is 0 Å². The van der Waals surface area contributed by atoms with Crippen molar-refractivity contribution in [2.45, 2.75) is 6.42 Å². The molecule has 1 heterocycles. The number of hydrogen-bond acceptors (Lipinski definition) is 2. The molecule has 0 aliphatic carbocycles. The molecule has 1 aromatic rings. The van der Waals surface area contributed by atoms with E-state index in [1.54, 1.807) is 11.0 Å². The van der Waals surface area contributed by atoms with E-state index in [0.29, 0.717) is 23.7 Å². The Hall–Kier alpha value is -0.580. The first kappa shape index (κ1) is 11.9. The van der Waals surface area contributed by atoms with E-state index in [1.807, 2.05) is 12.1 Å². The van der Waals surface area contributed by atoms with Crippen LogP contribution in [0.2, 0.25) is 5.02 Å². The minimum absolute atomic E-state index is 0.0169. The van der Waals surface area contributed by atoms with Gasteiger partial charge >= 0.3 is 0 Å². The van der Waals surface area contributed by atoms with E-state index in [4.69, 9.17) is 16.7 Å². The molecular weight excluding hydrogens is 293 g/mol. The molecular formula is C11H11BrClNO2. The first-order valence-corrected chi connectivity index (χ1v) is 6.15. The van der Waals surface area contributed by atoms with Crippen molar-refractivity contribution in [1.82, 2.24) is 0 Å². The van der Waals surface area contributed by atoms with Gasteiger partial charge in [-0.25, -0.2) is 0 Å². The van der Waals surface area contributed by atoms with Crippen molar-refractivity contribution in [3.8, 4) is 0 Å². The Labute approximate surface area is 107 Å². The minimum atomic E-state index is 0.0169. The molecule has 1 amide bonds. The summed E-state index contributed by atoms with van der Waals surface area (Å²) in [4.78, 5) is 13.4. The number of hydrogen-bond donors (Lipinski definition) is 1. The molecule has 16 heavy (non-hydrogen) atoms. The number of aliphatic hydroxyl groups excluding tert-OH is 1. The van der Waals surface area contributed by atoms with Crippen LogP contribution >= 0.6 is 27.5 Å². The van der Waals surface area contributed by atoms with Gasteiger partial charge in [0.15, 0.2) is 0 Å². The first-order chi connectivity index (χ1) is 7.61. The second kappa shape index (κ2) is 4.73. The average molecular weight is 305 g/mol. The summed E-state index contributed by atoms with van der Waals surface area (Å²) in [7, 11) is 0. The molecule has 86 valence electrons. The largest absolute Gasteiger partial charge is 0.396 e. The van der Waals surface area contributed by atoms with Crippen LogP contribution in [0.25, 0.3) is 0 Å². The van der Waals surface area contributed by atoms with Gasteiger partial charge in [-0.15, -0.1) is 0 Å². The molecule has 1 aliphatic heterocycles. The number of rotatable bonds is 2.